The number of nitrogens with zero attached hydrogens (tertiary/aromatic N) is 1. The van der Waals surface area contributed by atoms with Crippen LogP contribution >= 0.6 is 12.4 Å². The highest BCUT2D eigenvalue weighted by Crippen LogP contribution is 2.20. The van der Waals surface area contributed by atoms with E-state index in [1.54, 1.807) is 12.1 Å². The van der Waals surface area contributed by atoms with Crippen LogP contribution < -0.4 is 5.32 Å². The van der Waals surface area contributed by atoms with Gasteiger partial charge in [-0.1, -0.05) is 12.1 Å². The Morgan fingerprint density at radius 3 is 2.62 bits per heavy atom. The van der Waals surface area contributed by atoms with Crippen molar-refractivity contribution in [3.63, 3.8) is 0 Å². The largest absolute Gasteiger partial charge is 0.449 e. The second-order valence-corrected chi connectivity index (χ2v) is 3.36. The topological polar surface area (TPSA) is 62.1 Å². The molecule has 2 rings (SSSR count). The van der Waals surface area contributed by atoms with Gasteiger partial charge < -0.3 is 10.1 Å². The van der Waals surface area contributed by atoms with Crippen molar-refractivity contribution < 1.29 is 9.53 Å². The van der Waals surface area contributed by atoms with E-state index in [4.69, 9.17) is 10.00 Å². The molecule has 0 bridgehead atoms. The van der Waals surface area contributed by atoms with Gasteiger partial charge in [-0.3, -0.25) is 0 Å². The van der Waals surface area contributed by atoms with Gasteiger partial charge in [-0.25, -0.2) is 4.79 Å². The lowest BCUT2D eigenvalue weighted by Crippen LogP contribution is -2.35. The van der Waals surface area contributed by atoms with Crippen LogP contribution in [0.15, 0.2) is 24.3 Å². The smallest absolute Gasteiger partial charge is 0.407 e. The number of alkyl carbamates (subject to hydrolysis) is 1. The van der Waals surface area contributed by atoms with Gasteiger partial charge in [0.05, 0.1) is 24.3 Å². The molecule has 0 unspecified atom stereocenters. The number of carbonyl (C=O) groups is 1. The summed E-state index contributed by atoms with van der Waals surface area (Å²) in [6.45, 7) is 0.441. The van der Waals surface area contributed by atoms with Crippen LogP contribution in [0.1, 0.15) is 23.6 Å². The number of nitrogens with one attached hydrogen (secondary N) is 1. The summed E-state index contributed by atoms with van der Waals surface area (Å²) in [6, 6.07) is 9.26. The number of halogens is 1. The molecule has 0 aromatic heterocycles. The molecule has 1 aliphatic rings. The highest BCUT2D eigenvalue weighted by Gasteiger charge is 2.20. The van der Waals surface area contributed by atoms with E-state index in [0.29, 0.717) is 12.2 Å². The zero-order valence-corrected chi connectivity index (χ0v) is 9.29. The first-order valence-corrected chi connectivity index (χ1v) is 4.73. The van der Waals surface area contributed by atoms with Gasteiger partial charge in [0.25, 0.3) is 0 Å². The normalized spacial score (nSPS) is 18.7. The van der Waals surface area contributed by atoms with Crippen molar-refractivity contribution >= 4 is 18.5 Å². The summed E-state index contributed by atoms with van der Waals surface area (Å²) < 4.78 is 4.77. The van der Waals surface area contributed by atoms with E-state index in [-0.39, 0.29) is 24.5 Å². The first-order valence-electron chi connectivity index (χ1n) is 4.73. The molecule has 84 valence electrons. The lowest BCUT2D eigenvalue weighted by atomic mass is 10.0. The van der Waals surface area contributed by atoms with E-state index in [1.807, 2.05) is 12.1 Å². The van der Waals surface area contributed by atoms with Crippen molar-refractivity contribution in [3.05, 3.63) is 35.4 Å². The lowest BCUT2D eigenvalue weighted by Gasteiger charge is -2.23. The minimum absolute atomic E-state index is 0. The molecule has 1 saturated heterocycles. The summed E-state index contributed by atoms with van der Waals surface area (Å²) in [5, 5.41) is 11.4. The van der Waals surface area contributed by atoms with E-state index in [1.165, 1.54) is 0 Å². The van der Waals surface area contributed by atoms with Gasteiger partial charge in [-0.15, -0.1) is 12.4 Å². The van der Waals surface area contributed by atoms with Crippen LogP contribution in [-0.2, 0) is 4.74 Å². The number of rotatable bonds is 1. The quantitative estimate of drug-likeness (QED) is 0.816. The third kappa shape index (κ3) is 2.65. The Morgan fingerprint density at radius 1 is 1.38 bits per heavy atom. The molecular formula is C11H11ClN2O2. The average molecular weight is 239 g/mol. The van der Waals surface area contributed by atoms with E-state index >= 15 is 0 Å². The highest BCUT2D eigenvalue weighted by molar-refractivity contribution is 5.85. The van der Waals surface area contributed by atoms with Crippen LogP contribution in [0.5, 0.6) is 0 Å². The molecule has 1 amide bonds. The van der Waals surface area contributed by atoms with Crippen molar-refractivity contribution in [2.45, 2.75) is 12.5 Å². The van der Waals surface area contributed by atoms with E-state index in [0.717, 1.165) is 12.0 Å². The Labute approximate surface area is 99.6 Å². The van der Waals surface area contributed by atoms with Crippen molar-refractivity contribution in [1.29, 1.82) is 5.26 Å². The molecule has 0 aliphatic carbocycles. The number of ether oxygens (including phenoxy) is 1. The van der Waals surface area contributed by atoms with E-state index < -0.39 is 0 Å². The molecule has 1 aromatic rings. The first kappa shape index (κ1) is 12.3. The maximum atomic E-state index is 11.0. The molecular weight excluding hydrogens is 228 g/mol. The molecule has 4 nitrogen and oxygen atoms in total. The molecule has 0 spiro atoms. The van der Waals surface area contributed by atoms with Gasteiger partial charge in [0.15, 0.2) is 0 Å². The predicted molar refractivity (Wildman–Crippen MR) is 60.2 cm³/mol. The van der Waals surface area contributed by atoms with Crippen LogP contribution in [-0.4, -0.2) is 12.7 Å². The fourth-order valence-electron chi connectivity index (χ4n) is 1.57. The number of hydrogen-bond donors (Lipinski definition) is 1. The van der Waals surface area contributed by atoms with Gasteiger partial charge in [-0.2, -0.15) is 5.26 Å². The van der Waals surface area contributed by atoms with Crippen LogP contribution in [0, 0.1) is 11.3 Å². The number of benzene rings is 1. The molecule has 16 heavy (non-hydrogen) atoms. The van der Waals surface area contributed by atoms with E-state index in [9.17, 15) is 4.79 Å². The summed E-state index contributed by atoms with van der Waals surface area (Å²) in [5.74, 6) is 0. The second kappa shape index (κ2) is 5.38. The zero-order chi connectivity index (χ0) is 10.7. The Balaban J connectivity index is 0.00000128. The number of amides is 1. The van der Waals surface area contributed by atoms with E-state index in [2.05, 4.69) is 11.4 Å². The van der Waals surface area contributed by atoms with Crippen LogP contribution in [0.2, 0.25) is 0 Å². The van der Waals surface area contributed by atoms with Crippen LogP contribution in [0.25, 0.3) is 0 Å². The Bertz CT molecular complexity index is 411. The predicted octanol–water partition coefficient (Wildman–Crippen LogP) is 2.15. The molecule has 0 radical (unpaired) electrons. The van der Waals surface area contributed by atoms with Gasteiger partial charge in [0.1, 0.15) is 0 Å². The number of nitriles is 1. The second-order valence-electron chi connectivity index (χ2n) is 3.36. The summed E-state index contributed by atoms with van der Waals surface area (Å²) in [5.41, 5.74) is 1.63. The molecule has 1 aliphatic heterocycles. The van der Waals surface area contributed by atoms with Gasteiger partial charge in [-0.05, 0) is 17.7 Å². The fraction of sp³-hybridized carbons (Fsp3) is 0.273. The monoisotopic (exact) mass is 238 g/mol. The van der Waals surface area contributed by atoms with Crippen LogP contribution in [0.3, 0.4) is 0 Å². The fourth-order valence-corrected chi connectivity index (χ4v) is 1.57. The molecule has 1 N–H and O–H groups in total. The minimum atomic E-state index is -0.379. The third-order valence-electron chi connectivity index (χ3n) is 2.37. The van der Waals surface area contributed by atoms with Crippen molar-refractivity contribution in [3.8, 4) is 6.07 Å². The molecule has 1 heterocycles. The lowest BCUT2D eigenvalue weighted by molar-refractivity contribution is 0.115. The number of hydrogen-bond acceptors (Lipinski definition) is 3. The van der Waals surface area contributed by atoms with Crippen molar-refractivity contribution in [1.82, 2.24) is 5.32 Å². The highest BCUT2D eigenvalue weighted by atomic mass is 35.5. The summed E-state index contributed by atoms with van der Waals surface area (Å²) in [7, 11) is 0. The Morgan fingerprint density at radius 2 is 2.06 bits per heavy atom. The first-order chi connectivity index (χ1) is 7.29. The summed E-state index contributed by atoms with van der Waals surface area (Å²) in [4.78, 5) is 11.0. The molecule has 0 saturated carbocycles. The average Bonchev–Trinajstić information content (AvgIpc) is 2.29. The maximum Gasteiger partial charge on any atom is 0.407 e. The van der Waals surface area contributed by atoms with Crippen molar-refractivity contribution in [2.24, 2.45) is 0 Å². The SMILES string of the molecule is Cl.N#Cc1ccc([C@@H]2CCOC(=O)N2)cc1. The standard InChI is InChI=1S/C11H10N2O2.ClH/c12-7-8-1-3-9(4-2-8)10-5-6-15-11(14)13-10;/h1-4,10H,5-6H2,(H,13,14);1H/t10-;/m0./s1. The Kier molecular flexibility index (Phi) is 4.15. The minimum Gasteiger partial charge on any atom is -0.449 e. The summed E-state index contributed by atoms with van der Waals surface area (Å²) >= 11 is 0. The molecule has 5 heteroatoms. The molecule has 1 aromatic carbocycles. The van der Waals surface area contributed by atoms with Crippen LogP contribution in [0.4, 0.5) is 4.79 Å². The molecule has 1 atom stereocenters. The number of carbonyl (C=O) groups excluding carboxylic acids is 1. The Hall–Kier alpha value is -1.73. The van der Waals surface area contributed by atoms with Crippen molar-refractivity contribution in [2.75, 3.05) is 6.61 Å². The zero-order valence-electron chi connectivity index (χ0n) is 8.47. The molecule has 1 fully saturated rings. The van der Waals surface area contributed by atoms with Gasteiger partial charge >= 0.3 is 6.09 Å². The maximum absolute atomic E-state index is 11.0. The van der Waals surface area contributed by atoms with Gasteiger partial charge in [0.2, 0.25) is 0 Å². The summed E-state index contributed by atoms with van der Waals surface area (Å²) in [6.07, 6.45) is 0.382. The number of cyclic esters (lactones) is 1. The third-order valence-corrected chi connectivity index (χ3v) is 2.37. The van der Waals surface area contributed by atoms with Gasteiger partial charge in [0, 0.05) is 6.42 Å².